The van der Waals surface area contributed by atoms with Gasteiger partial charge in [0.15, 0.2) is 0 Å². The molecule has 1 heterocycles. The fraction of sp³-hybridized carbons (Fsp3) is 0.333. The predicted octanol–water partition coefficient (Wildman–Crippen LogP) is 4.21. The van der Waals surface area contributed by atoms with Crippen molar-refractivity contribution in [3.05, 3.63) is 51.3 Å². The van der Waals surface area contributed by atoms with Crippen molar-refractivity contribution < 1.29 is 19.1 Å². The maximum atomic E-state index is 12.4. The molecule has 6 heteroatoms. The van der Waals surface area contributed by atoms with Gasteiger partial charge in [-0.05, 0) is 52.0 Å². The van der Waals surface area contributed by atoms with E-state index in [0.717, 1.165) is 10.2 Å². The predicted molar refractivity (Wildman–Crippen MR) is 94.9 cm³/mol. The summed E-state index contributed by atoms with van der Waals surface area (Å²) in [5.74, 6) is -1.03. The molecule has 5 nitrogen and oxygen atoms in total. The lowest BCUT2D eigenvalue weighted by Gasteiger charge is -2.10. The number of carbonyl (C=O) groups excluding carboxylic acids is 2. The number of halogens is 1. The van der Waals surface area contributed by atoms with Crippen molar-refractivity contribution in [2.75, 3.05) is 13.2 Å². The van der Waals surface area contributed by atoms with Crippen molar-refractivity contribution in [1.82, 2.24) is 4.57 Å². The molecule has 24 heavy (non-hydrogen) atoms. The number of aromatic nitrogens is 1. The molecule has 2 rings (SSSR count). The zero-order valence-electron chi connectivity index (χ0n) is 14.2. The smallest absolute Gasteiger partial charge is 0.340 e. The van der Waals surface area contributed by atoms with E-state index in [4.69, 9.17) is 9.47 Å². The molecule has 0 aliphatic heterocycles. The molecule has 0 fully saturated rings. The zero-order valence-corrected chi connectivity index (χ0v) is 15.8. The third-order valence-electron chi connectivity index (χ3n) is 3.69. The number of rotatable bonds is 5. The first-order chi connectivity index (χ1) is 11.4. The molecule has 2 aromatic rings. The summed E-state index contributed by atoms with van der Waals surface area (Å²) in [6, 6.07) is 7.63. The second-order valence-corrected chi connectivity index (χ2v) is 6.09. The maximum Gasteiger partial charge on any atom is 0.340 e. The van der Waals surface area contributed by atoms with Crippen LogP contribution in [0.1, 0.15) is 46.0 Å². The van der Waals surface area contributed by atoms with Gasteiger partial charge in [0.2, 0.25) is 0 Å². The Hall–Kier alpha value is -2.08. The van der Waals surface area contributed by atoms with Crippen molar-refractivity contribution >= 4 is 27.9 Å². The minimum Gasteiger partial charge on any atom is -0.462 e. The molecule has 0 saturated carbocycles. The van der Waals surface area contributed by atoms with Gasteiger partial charge in [-0.1, -0.05) is 15.9 Å². The Balaban J connectivity index is 2.69. The Morgan fingerprint density at radius 2 is 1.33 bits per heavy atom. The lowest BCUT2D eigenvalue weighted by molar-refractivity contribution is 0.0479. The second kappa shape index (κ2) is 7.66. The van der Waals surface area contributed by atoms with Gasteiger partial charge in [0.1, 0.15) is 0 Å². The van der Waals surface area contributed by atoms with Gasteiger partial charge in [-0.25, -0.2) is 9.59 Å². The van der Waals surface area contributed by atoms with Crippen molar-refractivity contribution in [1.29, 1.82) is 0 Å². The van der Waals surface area contributed by atoms with Crippen LogP contribution in [0.3, 0.4) is 0 Å². The number of benzene rings is 1. The van der Waals surface area contributed by atoms with E-state index in [1.807, 2.05) is 28.8 Å². The standard InChI is InChI=1S/C18H20BrNO4/c1-5-23-17(21)15-11(3)20(14-9-7-13(19)8-10-14)12(4)16(15)18(22)24-6-2/h7-10H,5-6H2,1-4H3. The first-order valence-corrected chi connectivity index (χ1v) is 8.53. The number of carbonyl (C=O) groups is 2. The Kier molecular flexibility index (Phi) is 5.83. The minimum absolute atomic E-state index is 0.239. The molecule has 0 aliphatic rings. The second-order valence-electron chi connectivity index (χ2n) is 5.17. The number of ether oxygens (including phenoxy) is 2. The van der Waals surface area contributed by atoms with Gasteiger partial charge in [-0.2, -0.15) is 0 Å². The van der Waals surface area contributed by atoms with Gasteiger partial charge in [0, 0.05) is 21.5 Å². The lowest BCUT2D eigenvalue weighted by atomic mass is 10.1. The van der Waals surface area contributed by atoms with Crippen LogP contribution < -0.4 is 0 Å². The third-order valence-corrected chi connectivity index (χ3v) is 4.22. The van der Waals surface area contributed by atoms with Crippen LogP contribution in [-0.4, -0.2) is 29.7 Å². The summed E-state index contributed by atoms with van der Waals surface area (Å²) in [5.41, 5.74) is 2.67. The SMILES string of the molecule is CCOC(=O)c1c(C(=O)OCC)c(C)n(-c2ccc(Br)cc2)c1C. The maximum absolute atomic E-state index is 12.4. The monoisotopic (exact) mass is 393 g/mol. The van der Waals surface area contributed by atoms with Gasteiger partial charge in [-0.15, -0.1) is 0 Å². The molecular weight excluding hydrogens is 374 g/mol. The molecule has 0 bridgehead atoms. The third kappa shape index (κ3) is 3.38. The average molecular weight is 394 g/mol. The molecule has 1 aromatic carbocycles. The van der Waals surface area contributed by atoms with E-state index >= 15 is 0 Å². The van der Waals surface area contributed by atoms with Crippen LogP contribution in [0.4, 0.5) is 0 Å². The summed E-state index contributed by atoms with van der Waals surface area (Å²) in [6.45, 7) is 7.53. The largest absolute Gasteiger partial charge is 0.462 e. The quantitative estimate of drug-likeness (QED) is 0.713. The Morgan fingerprint density at radius 3 is 1.71 bits per heavy atom. The highest BCUT2D eigenvalue weighted by molar-refractivity contribution is 9.10. The molecule has 0 radical (unpaired) electrons. The molecular formula is C18H20BrNO4. The van der Waals surface area contributed by atoms with Gasteiger partial charge < -0.3 is 14.0 Å². The zero-order chi connectivity index (χ0) is 17.9. The number of nitrogens with zero attached hydrogens (tertiary/aromatic N) is 1. The molecule has 128 valence electrons. The summed E-state index contributed by atoms with van der Waals surface area (Å²) in [6.07, 6.45) is 0. The van der Waals surface area contributed by atoms with Gasteiger partial charge in [0.05, 0.1) is 24.3 Å². The van der Waals surface area contributed by atoms with E-state index < -0.39 is 11.9 Å². The minimum atomic E-state index is -0.517. The van der Waals surface area contributed by atoms with E-state index in [1.54, 1.807) is 27.7 Å². The first-order valence-electron chi connectivity index (χ1n) is 7.74. The van der Waals surface area contributed by atoms with Crippen molar-refractivity contribution in [2.24, 2.45) is 0 Å². The molecule has 1 aromatic heterocycles. The van der Waals surface area contributed by atoms with Crippen LogP contribution in [0.15, 0.2) is 28.7 Å². The van der Waals surface area contributed by atoms with Crippen LogP contribution in [0.2, 0.25) is 0 Å². The van der Waals surface area contributed by atoms with Crippen molar-refractivity contribution in [3.8, 4) is 5.69 Å². The Bertz CT molecular complexity index is 721. The van der Waals surface area contributed by atoms with E-state index in [9.17, 15) is 9.59 Å². The van der Waals surface area contributed by atoms with Crippen LogP contribution in [0.5, 0.6) is 0 Å². The summed E-state index contributed by atoms with van der Waals surface area (Å²) < 4.78 is 13.1. The molecule has 0 atom stereocenters. The van der Waals surface area contributed by atoms with Crippen LogP contribution in [-0.2, 0) is 9.47 Å². The number of esters is 2. The van der Waals surface area contributed by atoms with Crippen LogP contribution in [0.25, 0.3) is 5.69 Å². The highest BCUT2D eigenvalue weighted by Crippen LogP contribution is 2.28. The fourth-order valence-corrected chi connectivity index (χ4v) is 2.98. The van der Waals surface area contributed by atoms with Crippen LogP contribution in [0, 0.1) is 13.8 Å². The first kappa shape index (κ1) is 18.3. The normalized spacial score (nSPS) is 10.5. The Morgan fingerprint density at radius 1 is 0.917 bits per heavy atom. The molecule has 0 amide bonds. The molecule has 0 aliphatic carbocycles. The lowest BCUT2D eigenvalue weighted by Crippen LogP contribution is -2.13. The van der Waals surface area contributed by atoms with Crippen molar-refractivity contribution in [3.63, 3.8) is 0 Å². The fourth-order valence-electron chi connectivity index (χ4n) is 2.72. The van der Waals surface area contributed by atoms with Crippen molar-refractivity contribution in [2.45, 2.75) is 27.7 Å². The number of hydrogen-bond donors (Lipinski definition) is 0. The molecule has 0 saturated heterocycles. The number of hydrogen-bond acceptors (Lipinski definition) is 4. The van der Waals surface area contributed by atoms with E-state index in [-0.39, 0.29) is 24.3 Å². The van der Waals surface area contributed by atoms with Gasteiger partial charge >= 0.3 is 11.9 Å². The topological polar surface area (TPSA) is 57.5 Å². The highest BCUT2D eigenvalue weighted by atomic mass is 79.9. The van der Waals surface area contributed by atoms with Gasteiger partial charge in [0.25, 0.3) is 0 Å². The Labute approximate surface area is 149 Å². The highest BCUT2D eigenvalue weighted by Gasteiger charge is 2.29. The summed E-state index contributed by atoms with van der Waals surface area (Å²) in [5, 5.41) is 0. The van der Waals surface area contributed by atoms with E-state index in [0.29, 0.717) is 11.4 Å². The molecule has 0 spiro atoms. The van der Waals surface area contributed by atoms with Crippen LogP contribution >= 0.6 is 15.9 Å². The van der Waals surface area contributed by atoms with Gasteiger partial charge in [-0.3, -0.25) is 0 Å². The summed E-state index contributed by atoms with van der Waals surface area (Å²) >= 11 is 3.40. The van der Waals surface area contributed by atoms with E-state index in [1.165, 1.54) is 0 Å². The molecule has 0 unspecified atom stereocenters. The summed E-state index contributed by atoms with van der Waals surface area (Å²) in [7, 11) is 0. The molecule has 0 N–H and O–H groups in total. The average Bonchev–Trinajstić information content (AvgIpc) is 2.80. The summed E-state index contributed by atoms with van der Waals surface area (Å²) in [4.78, 5) is 24.8. The van der Waals surface area contributed by atoms with E-state index in [2.05, 4.69) is 15.9 Å².